The second kappa shape index (κ2) is 8.73. The Hall–Kier alpha value is -3.02. The van der Waals surface area contributed by atoms with Crippen molar-refractivity contribution in [1.29, 1.82) is 0 Å². The summed E-state index contributed by atoms with van der Waals surface area (Å²) in [7, 11) is 0. The molecule has 0 spiro atoms. The summed E-state index contributed by atoms with van der Waals surface area (Å²) in [5.41, 5.74) is 3.28. The molecule has 174 valence electrons. The van der Waals surface area contributed by atoms with E-state index in [-0.39, 0.29) is 17.9 Å². The summed E-state index contributed by atoms with van der Waals surface area (Å²) in [5.74, 6) is -0.197. The lowest BCUT2D eigenvalue weighted by molar-refractivity contribution is -0.134. The number of hydrogen-bond acceptors (Lipinski definition) is 3. The molecule has 2 aliphatic rings. The van der Waals surface area contributed by atoms with Crippen LogP contribution in [0.5, 0.6) is 0 Å². The number of hydrogen-bond donors (Lipinski definition) is 1. The van der Waals surface area contributed by atoms with Gasteiger partial charge in [0.05, 0.1) is 18.3 Å². The number of amides is 2. The van der Waals surface area contributed by atoms with Crippen LogP contribution in [0, 0.1) is 6.92 Å². The van der Waals surface area contributed by atoms with Crippen molar-refractivity contribution in [2.45, 2.75) is 83.5 Å². The van der Waals surface area contributed by atoms with Crippen LogP contribution in [-0.4, -0.2) is 32.9 Å². The van der Waals surface area contributed by atoms with Crippen molar-refractivity contribution in [3.63, 3.8) is 0 Å². The van der Waals surface area contributed by atoms with Gasteiger partial charge < -0.3 is 19.2 Å². The Balaban J connectivity index is 1.50. The maximum atomic E-state index is 13.9. The topological polar surface area (TPSA) is 67.5 Å². The largest absolute Gasteiger partial charge is 0.463 e. The fraction of sp³-hybridized carbons (Fsp3) is 0.481. The first-order valence-corrected chi connectivity index (χ1v) is 12.2. The van der Waals surface area contributed by atoms with Gasteiger partial charge in [0.2, 0.25) is 5.91 Å². The number of nitrogens with zero attached hydrogens (tertiary/aromatic N) is 2. The van der Waals surface area contributed by atoms with Crippen molar-refractivity contribution in [1.82, 2.24) is 14.8 Å². The Morgan fingerprint density at radius 2 is 1.85 bits per heavy atom. The highest BCUT2D eigenvalue weighted by atomic mass is 16.3. The standard InChI is InChI=1S/C27H33N3O3/c1-19-10-8-9-11-20(19)17-30-25(31)23-16-24-22(14-15-33-24)29(23)18-27(30,2)26(32)28-21-12-6-4-3-5-7-13-21/h8-11,14-16,21H,3-7,12-13,17-18H2,1-2H3,(H,28,32)/t27-/m0/s1. The van der Waals surface area contributed by atoms with E-state index in [4.69, 9.17) is 4.42 Å². The van der Waals surface area contributed by atoms with Crippen LogP contribution in [0.25, 0.3) is 11.1 Å². The van der Waals surface area contributed by atoms with Crippen LogP contribution in [0.4, 0.5) is 0 Å². The van der Waals surface area contributed by atoms with Crippen LogP contribution >= 0.6 is 0 Å². The molecular weight excluding hydrogens is 414 g/mol. The van der Waals surface area contributed by atoms with Crippen molar-refractivity contribution >= 4 is 22.9 Å². The molecule has 1 aliphatic heterocycles. The predicted octanol–water partition coefficient (Wildman–Crippen LogP) is 5.19. The molecule has 1 aromatic carbocycles. The molecule has 0 bridgehead atoms. The lowest BCUT2D eigenvalue weighted by atomic mass is 9.91. The molecule has 0 unspecified atom stereocenters. The molecule has 33 heavy (non-hydrogen) atoms. The van der Waals surface area contributed by atoms with E-state index in [1.807, 2.05) is 48.7 Å². The molecule has 1 saturated carbocycles. The fourth-order valence-electron chi connectivity index (χ4n) is 5.42. The monoisotopic (exact) mass is 447 g/mol. The molecule has 2 aromatic heterocycles. The Morgan fingerprint density at radius 3 is 2.61 bits per heavy atom. The van der Waals surface area contributed by atoms with Gasteiger partial charge in [-0.25, -0.2) is 0 Å². The molecule has 1 aliphatic carbocycles. The lowest BCUT2D eigenvalue weighted by Gasteiger charge is -2.45. The third-order valence-electron chi connectivity index (χ3n) is 7.57. The zero-order valence-corrected chi connectivity index (χ0v) is 19.6. The van der Waals surface area contributed by atoms with Crippen molar-refractivity contribution in [3.05, 3.63) is 59.5 Å². The minimum absolute atomic E-state index is 0.0639. The third-order valence-corrected chi connectivity index (χ3v) is 7.57. The van der Waals surface area contributed by atoms with Gasteiger partial charge in [-0.05, 0) is 37.8 Å². The summed E-state index contributed by atoms with van der Waals surface area (Å²) in [4.78, 5) is 29.4. The first-order chi connectivity index (χ1) is 16.0. The number of benzene rings is 1. The first kappa shape index (κ1) is 21.8. The van der Waals surface area contributed by atoms with Gasteiger partial charge in [-0.3, -0.25) is 9.59 Å². The van der Waals surface area contributed by atoms with Crippen molar-refractivity contribution in [3.8, 4) is 0 Å². The van der Waals surface area contributed by atoms with Crippen molar-refractivity contribution in [2.24, 2.45) is 0 Å². The highest BCUT2D eigenvalue weighted by Crippen LogP contribution is 2.34. The van der Waals surface area contributed by atoms with Crippen LogP contribution in [0.2, 0.25) is 0 Å². The van der Waals surface area contributed by atoms with Crippen LogP contribution < -0.4 is 5.32 Å². The second-order valence-electron chi connectivity index (χ2n) is 9.89. The number of rotatable bonds is 4. The number of furan rings is 1. The van der Waals surface area contributed by atoms with E-state index in [1.165, 1.54) is 19.3 Å². The van der Waals surface area contributed by atoms with Crippen LogP contribution in [0.1, 0.15) is 73.5 Å². The highest BCUT2D eigenvalue weighted by Gasteiger charge is 2.48. The molecule has 3 aromatic rings. The minimum Gasteiger partial charge on any atom is -0.463 e. The van der Waals surface area contributed by atoms with Gasteiger partial charge in [0.25, 0.3) is 5.91 Å². The summed E-state index contributed by atoms with van der Waals surface area (Å²) >= 11 is 0. The smallest absolute Gasteiger partial charge is 0.271 e. The minimum atomic E-state index is -1.00. The summed E-state index contributed by atoms with van der Waals surface area (Å²) in [5, 5.41) is 3.34. The Bertz CT molecular complexity index is 1170. The van der Waals surface area contributed by atoms with Gasteiger partial charge >= 0.3 is 0 Å². The van der Waals surface area contributed by atoms with Gasteiger partial charge in [0.1, 0.15) is 11.2 Å². The van der Waals surface area contributed by atoms with E-state index < -0.39 is 5.54 Å². The number of carbonyl (C=O) groups excluding carboxylic acids is 2. The van der Waals surface area contributed by atoms with E-state index in [9.17, 15) is 9.59 Å². The molecule has 0 radical (unpaired) electrons. The summed E-state index contributed by atoms with van der Waals surface area (Å²) in [6.07, 6.45) is 9.68. The molecule has 1 fully saturated rings. The third kappa shape index (κ3) is 3.96. The Morgan fingerprint density at radius 1 is 1.12 bits per heavy atom. The zero-order valence-electron chi connectivity index (χ0n) is 19.6. The molecule has 1 atom stereocenters. The maximum Gasteiger partial charge on any atom is 0.271 e. The van der Waals surface area contributed by atoms with E-state index in [0.717, 1.165) is 42.3 Å². The molecule has 3 heterocycles. The van der Waals surface area contributed by atoms with Gasteiger partial charge in [-0.2, -0.15) is 0 Å². The van der Waals surface area contributed by atoms with Crippen LogP contribution in [-0.2, 0) is 17.9 Å². The average Bonchev–Trinajstić information content (AvgIpc) is 3.36. The van der Waals surface area contributed by atoms with E-state index >= 15 is 0 Å². The Labute approximate surface area is 194 Å². The zero-order chi connectivity index (χ0) is 23.0. The lowest BCUT2D eigenvalue weighted by Crippen LogP contribution is -2.64. The molecule has 5 rings (SSSR count). The quantitative estimate of drug-likeness (QED) is 0.599. The molecular formula is C27H33N3O3. The van der Waals surface area contributed by atoms with Crippen molar-refractivity contribution < 1.29 is 14.0 Å². The normalized spacial score (nSPS) is 22.1. The molecule has 1 N–H and O–H groups in total. The number of aryl methyl sites for hydroxylation is 1. The van der Waals surface area contributed by atoms with E-state index in [1.54, 1.807) is 17.2 Å². The highest BCUT2D eigenvalue weighted by molar-refractivity contribution is 6.02. The van der Waals surface area contributed by atoms with Crippen LogP contribution in [0.3, 0.4) is 0 Å². The van der Waals surface area contributed by atoms with Gasteiger partial charge in [0.15, 0.2) is 5.58 Å². The summed E-state index contributed by atoms with van der Waals surface area (Å²) < 4.78 is 7.53. The first-order valence-electron chi connectivity index (χ1n) is 12.2. The maximum absolute atomic E-state index is 13.9. The summed E-state index contributed by atoms with van der Waals surface area (Å²) in [6.45, 7) is 4.76. The van der Waals surface area contributed by atoms with Gasteiger partial charge in [0, 0.05) is 24.7 Å². The molecule has 2 amide bonds. The van der Waals surface area contributed by atoms with Gasteiger partial charge in [-0.1, -0.05) is 56.4 Å². The average molecular weight is 448 g/mol. The number of aromatic nitrogens is 1. The summed E-state index contributed by atoms with van der Waals surface area (Å²) in [6, 6.07) is 11.9. The molecule has 6 heteroatoms. The molecule has 6 nitrogen and oxygen atoms in total. The molecule has 0 saturated heterocycles. The van der Waals surface area contributed by atoms with Crippen molar-refractivity contribution in [2.75, 3.05) is 0 Å². The second-order valence-corrected chi connectivity index (χ2v) is 9.89. The van der Waals surface area contributed by atoms with E-state index in [2.05, 4.69) is 5.32 Å². The number of carbonyl (C=O) groups is 2. The SMILES string of the molecule is Cc1ccccc1CN1C(=O)c2cc3occc3n2C[C@@]1(C)C(=O)NC1CCCCCCC1. The Kier molecular flexibility index (Phi) is 5.77. The number of fused-ring (bicyclic) bond motifs is 3. The van der Waals surface area contributed by atoms with Crippen LogP contribution in [0.15, 0.2) is 47.1 Å². The van der Waals surface area contributed by atoms with Gasteiger partial charge in [-0.15, -0.1) is 0 Å². The predicted molar refractivity (Wildman–Crippen MR) is 128 cm³/mol. The fourth-order valence-corrected chi connectivity index (χ4v) is 5.42. The van der Waals surface area contributed by atoms with E-state index in [0.29, 0.717) is 24.4 Å². The number of nitrogens with one attached hydrogen (secondary N) is 1.